The minimum Gasteiger partial charge on any atom is -0.324 e. The first-order chi connectivity index (χ1) is 12.2. The van der Waals surface area contributed by atoms with Crippen LogP contribution >= 0.6 is 11.6 Å². The Hall–Kier alpha value is -2.62. The lowest BCUT2D eigenvalue weighted by atomic mass is 10.1. The Morgan fingerprint density at radius 1 is 0.840 bits per heavy atom. The first kappa shape index (κ1) is 17.2. The SMILES string of the molecule is O=C(Nc1ccccc1)[C@H](NCc1ccccc1)c1ccc(Cl)cc1. The molecular weight excluding hydrogens is 332 g/mol. The lowest BCUT2D eigenvalue weighted by Gasteiger charge is -2.19. The fraction of sp³-hybridized carbons (Fsp3) is 0.0952. The minimum absolute atomic E-state index is 0.107. The van der Waals surface area contributed by atoms with E-state index in [0.717, 1.165) is 16.8 Å². The Morgan fingerprint density at radius 3 is 2.08 bits per heavy atom. The van der Waals surface area contributed by atoms with Crippen LogP contribution in [0, 0.1) is 0 Å². The van der Waals surface area contributed by atoms with E-state index in [1.54, 1.807) is 12.1 Å². The van der Waals surface area contributed by atoms with Gasteiger partial charge in [0.2, 0.25) is 5.91 Å². The fourth-order valence-electron chi connectivity index (χ4n) is 2.57. The number of amides is 1. The number of hydrogen-bond donors (Lipinski definition) is 2. The van der Waals surface area contributed by atoms with Crippen LogP contribution in [0.4, 0.5) is 5.69 Å². The van der Waals surface area contributed by atoms with Crippen LogP contribution in [-0.4, -0.2) is 5.91 Å². The smallest absolute Gasteiger partial charge is 0.246 e. The second-order valence-electron chi connectivity index (χ2n) is 5.71. The van der Waals surface area contributed by atoms with Gasteiger partial charge in [0.25, 0.3) is 0 Å². The summed E-state index contributed by atoms with van der Waals surface area (Å²) in [4.78, 5) is 12.8. The van der Waals surface area contributed by atoms with Crippen LogP contribution in [0.2, 0.25) is 5.02 Å². The van der Waals surface area contributed by atoms with Gasteiger partial charge in [0.1, 0.15) is 6.04 Å². The van der Waals surface area contributed by atoms with Crippen LogP contribution in [0.5, 0.6) is 0 Å². The molecule has 3 rings (SSSR count). The summed E-state index contributed by atoms with van der Waals surface area (Å²) < 4.78 is 0. The zero-order chi connectivity index (χ0) is 17.5. The van der Waals surface area contributed by atoms with Gasteiger partial charge in [-0.15, -0.1) is 0 Å². The number of halogens is 1. The van der Waals surface area contributed by atoms with E-state index in [9.17, 15) is 4.79 Å². The summed E-state index contributed by atoms with van der Waals surface area (Å²) in [5.74, 6) is -0.107. The van der Waals surface area contributed by atoms with Gasteiger partial charge in [-0.05, 0) is 35.4 Å². The highest BCUT2D eigenvalue weighted by molar-refractivity contribution is 6.30. The number of benzene rings is 3. The highest BCUT2D eigenvalue weighted by Crippen LogP contribution is 2.19. The Bertz CT molecular complexity index is 804. The quantitative estimate of drug-likeness (QED) is 0.669. The lowest BCUT2D eigenvalue weighted by Crippen LogP contribution is -2.32. The number of carbonyl (C=O) groups is 1. The van der Waals surface area contributed by atoms with Gasteiger partial charge in [-0.2, -0.15) is 0 Å². The summed E-state index contributed by atoms with van der Waals surface area (Å²) in [5, 5.41) is 6.94. The average Bonchev–Trinajstić information content (AvgIpc) is 2.65. The molecule has 3 nitrogen and oxygen atoms in total. The molecule has 0 heterocycles. The number of hydrogen-bond acceptors (Lipinski definition) is 2. The van der Waals surface area contributed by atoms with Crippen LogP contribution in [0.1, 0.15) is 17.2 Å². The zero-order valence-corrected chi connectivity index (χ0v) is 14.4. The molecule has 0 unspecified atom stereocenters. The Balaban J connectivity index is 1.78. The highest BCUT2D eigenvalue weighted by Gasteiger charge is 2.20. The number of carbonyl (C=O) groups excluding carboxylic acids is 1. The van der Waals surface area contributed by atoms with E-state index in [2.05, 4.69) is 10.6 Å². The average molecular weight is 351 g/mol. The van der Waals surface area contributed by atoms with Crippen molar-refractivity contribution in [1.82, 2.24) is 5.32 Å². The third kappa shape index (κ3) is 4.92. The van der Waals surface area contributed by atoms with Crippen molar-refractivity contribution in [3.8, 4) is 0 Å². The first-order valence-electron chi connectivity index (χ1n) is 8.11. The van der Waals surface area contributed by atoms with Gasteiger partial charge in [-0.1, -0.05) is 72.3 Å². The van der Waals surface area contributed by atoms with Crippen molar-refractivity contribution in [3.63, 3.8) is 0 Å². The molecular formula is C21H19ClN2O. The molecule has 0 radical (unpaired) electrons. The highest BCUT2D eigenvalue weighted by atomic mass is 35.5. The van der Waals surface area contributed by atoms with Gasteiger partial charge in [0, 0.05) is 17.3 Å². The Labute approximate surface area is 152 Å². The second kappa shape index (κ2) is 8.47. The van der Waals surface area contributed by atoms with E-state index in [4.69, 9.17) is 11.6 Å². The number of para-hydroxylation sites is 1. The van der Waals surface area contributed by atoms with Gasteiger partial charge >= 0.3 is 0 Å². The standard InChI is InChI=1S/C21H19ClN2O/c22-18-13-11-17(12-14-18)20(23-15-16-7-3-1-4-8-16)21(25)24-19-9-5-2-6-10-19/h1-14,20,23H,15H2,(H,24,25)/t20-/m1/s1. The minimum atomic E-state index is -0.474. The predicted molar refractivity (Wildman–Crippen MR) is 103 cm³/mol. The fourth-order valence-corrected chi connectivity index (χ4v) is 2.69. The van der Waals surface area contributed by atoms with Crippen LogP contribution in [0.15, 0.2) is 84.9 Å². The molecule has 3 aromatic rings. The van der Waals surface area contributed by atoms with E-state index >= 15 is 0 Å². The maximum Gasteiger partial charge on any atom is 0.246 e. The number of anilines is 1. The van der Waals surface area contributed by atoms with E-state index < -0.39 is 6.04 Å². The molecule has 2 N–H and O–H groups in total. The van der Waals surface area contributed by atoms with Gasteiger partial charge in [-0.25, -0.2) is 0 Å². The molecule has 25 heavy (non-hydrogen) atoms. The van der Waals surface area contributed by atoms with Crippen molar-refractivity contribution in [2.45, 2.75) is 12.6 Å². The largest absolute Gasteiger partial charge is 0.324 e. The zero-order valence-electron chi connectivity index (χ0n) is 13.7. The van der Waals surface area contributed by atoms with Crippen LogP contribution in [0.3, 0.4) is 0 Å². The normalized spacial score (nSPS) is 11.7. The molecule has 0 aromatic heterocycles. The summed E-state index contributed by atoms with van der Waals surface area (Å²) in [5.41, 5.74) is 2.76. The summed E-state index contributed by atoms with van der Waals surface area (Å²) in [6.07, 6.45) is 0. The van der Waals surface area contributed by atoms with E-state index in [1.165, 1.54) is 0 Å². The van der Waals surface area contributed by atoms with E-state index in [0.29, 0.717) is 11.6 Å². The van der Waals surface area contributed by atoms with Gasteiger partial charge in [-0.3, -0.25) is 10.1 Å². The van der Waals surface area contributed by atoms with E-state index in [1.807, 2.05) is 72.8 Å². The van der Waals surface area contributed by atoms with Crippen molar-refractivity contribution in [2.24, 2.45) is 0 Å². The monoisotopic (exact) mass is 350 g/mol. The summed E-state index contributed by atoms with van der Waals surface area (Å²) in [6.45, 7) is 0.594. The van der Waals surface area contributed by atoms with Crippen molar-refractivity contribution in [3.05, 3.63) is 101 Å². The van der Waals surface area contributed by atoms with Gasteiger partial charge < -0.3 is 5.32 Å². The molecule has 3 aromatic carbocycles. The molecule has 0 saturated carbocycles. The van der Waals surface area contributed by atoms with Crippen molar-refractivity contribution in [1.29, 1.82) is 0 Å². The summed E-state index contributed by atoms with van der Waals surface area (Å²) in [7, 11) is 0. The van der Waals surface area contributed by atoms with Gasteiger partial charge in [0.05, 0.1) is 0 Å². The lowest BCUT2D eigenvalue weighted by molar-refractivity contribution is -0.118. The molecule has 126 valence electrons. The van der Waals surface area contributed by atoms with Crippen molar-refractivity contribution in [2.75, 3.05) is 5.32 Å². The summed E-state index contributed by atoms with van der Waals surface area (Å²) in [6, 6.07) is 26.3. The maximum atomic E-state index is 12.8. The topological polar surface area (TPSA) is 41.1 Å². The molecule has 4 heteroatoms. The molecule has 0 fully saturated rings. The van der Waals surface area contributed by atoms with E-state index in [-0.39, 0.29) is 5.91 Å². The molecule has 0 aliphatic carbocycles. The molecule has 0 saturated heterocycles. The summed E-state index contributed by atoms with van der Waals surface area (Å²) >= 11 is 5.98. The van der Waals surface area contributed by atoms with Crippen LogP contribution in [0.25, 0.3) is 0 Å². The third-order valence-corrected chi connectivity index (χ3v) is 4.11. The number of rotatable bonds is 6. The third-order valence-electron chi connectivity index (χ3n) is 3.86. The second-order valence-corrected chi connectivity index (χ2v) is 6.14. The van der Waals surface area contributed by atoms with Crippen LogP contribution < -0.4 is 10.6 Å². The Morgan fingerprint density at radius 2 is 1.44 bits per heavy atom. The van der Waals surface area contributed by atoms with Crippen LogP contribution in [-0.2, 0) is 11.3 Å². The molecule has 0 aliphatic heterocycles. The molecule has 1 atom stereocenters. The molecule has 0 bridgehead atoms. The van der Waals surface area contributed by atoms with Crippen molar-refractivity contribution >= 4 is 23.2 Å². The van der Waals surface area contributed by atoms with Gasteiger partial charge in [0.15, 0.2) is 0 Å². The maximum absolute atomic E-state index is 12.8. The Kier molecular flexibility index (Phi) is 5.83. The molecule has 1 amide bonds. The first-order valence-corrected chi connectivity index (χ1v) is 8.49. The number of nitrogens with one attached hydrogen (secondary N) is 2. The molecule has 0 aliphatic rings. The molecule has 0 spiro atoms. The van der Waals surface area contributed by atoms with Crippen molar-refractivity contribution < 1.29 is 4.79 Å². The predicted octanol–water partition coefficient (Wildman–Crippen LogP) is 4.81.